The number of unbranched alkanes of at least 4 members (excludes halogenated alkanes) is 2. The number of aromatic amines is 1. The molecule has 6 heteroatoms. The van der Waals surface area contributed by atoms with Gasteiger partial charge in [-0.15, -0.1) is 0 Å². The van der Waals surface area contributed by atoms with Gasteiger partial charge < -0.3 is 10.3 Å². The van der Waals surface area contributed by atoms with Gasteiger partial charge in [-0.25, -0.2) is 12.7 Å². The summed E-state index contributed by atoms with van der Waals surface area (Å²) in [6, 6.07) is 2.36. The maximum Gasteiger partial charge on any atom is 0.244 e. The van der Waals surface area contributed by atoms with E-state index in [0.717, 1.165) is 25.0 Å². The molecular formula is C14H25N3O2S. The molecule has 0 bridgehead atoms. The lowest BCUT2D eigenvalue weighted by Gasteiger charge is -2.15. The second-order valence-electron chi connectivity index (χ2n) is 5.55. The third-order valence-electron chi connectivity index (χ3n) is 3.66. The van der Waals surface area contributed by atoms with Gasteiger partial charge in [0.05, 0.1) is 4.90 Å². The molecule has 0 aliphatic heterocycles. The molecule has 114 valence electrons. The number of aromatic nitrogens is 1. The maximum absolute atomic E-state index is 12.4. The standard InChI is InChI=1S/C14H25N3O2S/c1-3-4-5-8-17(2)20(18,19)14-9-13(16-11-14)10-15-12-6-7-12/h9,11-12,15-16H,3-8,10H2,1-2H3. The zero-order chi connectivity index (χ0) is 14.6. The second kappa shape index (κ2) is 6.74. The summed E-state index contributed by atoms with van der Waals surface area (Å²) < 4.78 is 26.2. The van der Waals surface area contributed by atoms with Gasteiger partial charge in [0.25, 0.3) is 0 Å². The van der Waals surface area contributed by atoms with E-state index in [1.54, 1.807) is 19.3 Å². The molecule has 0 radical (unpaired) electrons. The molecule has 1 heterocycles. The largest absolute Gasteiger partial charge is 0.363 e. The van der Waals surface area contributed by atoms with Crippen LogP contribution in [-0.2, 0) is 16.6 Å². The molecule has 0 saturated heterocycles. The molecule has 1 aliphatic carbocycles. The molecule has 2 N–H and O–H groups in total. The Kier molecular flexibility index (Phi) is 5.23. The molecule has 0 unspecified atom stereocenters. The van der Waals surface area contributed by atoms with E-state index in [1.807, 2.05) is 0 Å². The summed E-state index contributed by atoms with van der Waals surface area (Å²) in [5.74, 6) is 0. The van der Waals surface area contributed by atoms with Crippen molar-refractivity contribution in [3.8, 4) is 0 Å². The molecule has 5 nitrogen and oxygen atoms in total. The minimum atomic E-state index is -3.35. The maximum atomic E-state index is 12.4. The van der Waals surface area contributed by atoms with E-state index in [2.05, 4.69) is 17.2 Å². The van der Waals surface area contributed by atoms with Gasteiger partial charge in [-0.1, -0.05) is 19.8 Å². The van der Waals surface area contributed by atoms with Crippen LogP contribution in [0.15, 0.2) is 17.2 Å². The summed E-state index contributed by atoms with van der Waals surface area (Å²) in [5, 5.41) is 3.37. The minimum absolute atomic E-state index is 0.365. The SMILES string of the molecule is CCCCCN(C)S(=O)(=O)c1c[nH]c(CNC2CC2)c1. The van der Waals surface area contributed by atoms with Gasteiger partial charge >= 0.3 is 0 Å². The summed E-state index contributed by atoms with van der Waals surface area (Å²) in [7, 11) is -1.69. The fraction of sp³-hybridized carbons (Fsp3) is 0.714. The molecule has 0 atom stereocenters. The number of hydrogen-bond donors (Lipinski definition) is 2. The third-order valence-corrected chi connectivity index (χ3v) is 5.49. The molecule has 0 amide bonds. The third kappa shape index (κ3) is 4.07. The van der Waals surface area contributed by atoms with E-state index < -0.39 is 10.0 Å². The predicted octanol–water partition coefficient (Wildman–Crippen LogP) is 2.08. The van der Waals surface area contributed by atoms with E-state index in [0.29, 0.717) is 24.0 Å². The molecule has 1 aromatic rings. The van der Waals surface area contributed by atoms with Crippen molar-refractivity contribution in [3.63, 3.8) is 0 Å². The Labute approximate surface area is 121 Å². The summed E-state index contributed by atoms with van der Waals surface area (Å²) in [4.78, 5) is 3.41. The van der Waals surface area contributed by atoms with Crippen molar-refractivity contribution in [1.29, 1.82) is 0 Å². The zero-order valence-corrected chi connectivity index (χ0v) is 13.2. The van der Waals surface area contributed by atoms with Crippen LogP contribution in [0.25, 0.3) is 0 Å². The van der Waals surface area contributed by atoms with E-state index in [-0.39, 0.29) is 0 Å². The molecule has 0 aromatic carbocycles. The molecular weight excluding hydrogens is 274 g/mol. The Morgan fingerprint density at radius 3 is 2.80 bits per heavy atom. The van der Waals surface area contributed by atoms with Crippen molar-refractivity contribution in [2.24, 2.45) is 0 Å². The number of rotatable bonds is 9. The van der Waals surface area contributed by atoms with Gasteiger partial charge in [0.2, 0.25) is 10.0 Å². The van der Waals surface area contributed by atoms with Crippen LogP contribution in [0.3, 0.4) is 0 Å². The average molecular weight is 299 g/mol. The van der Waals surface area contributed by atoms with Crippen LogP contribution >= 0.6 is 0 Å². The molecule has 1 fully saturated rings. The van der Waals surface area contributed by atoms with Crippen molar-refractivity contribution in [3.05, 3.63) is 18.0 Å². The van der Waals surface area contributed by atoms with Gasteiger partial charge in [0.1, 0.15) is 0 Å². The summed E-state index contributed by atoms with van der Waals surface area (Å²) in [6.07, 6.45) is 7.11. The van der Waals surface area contributed by atoms with Gasteiger partial charge in [0, 0.05) is 38.1 Å². The highest BCUT2D eigenvalue weighted by Gasteiger charge is 2.23. The monoisotopic (exact) mass is 299 g/mol. The highest BCUT2D eigenvalue weighted by atomic mass is 32.2. The van der Waals surface area contributed by atoms with Gasteiger partial charge in [-0.3, -0.25) is 0 Å². The van der Waals surface area contributed by atoms with E-state index in [4.69, 9.17) is 0 Å². The van der Waals surface area contributed by atoms with E-state index in [1.165, 1.54) is 17.1 Å². The smallest absolute Gasteiger partial charge is 0.244 e. The fourth-order valence-electron chi connectivity index (χ4n) is 2.10. The van der Waals surface area contributed by atoms with Gasteiger partial charge in [0.15, 0.2) is 0 Å². The van der Waals surface area contributed by atoms with Crippen molar-refractivity contribution in [2.45, 2.75) is 56.5 Å². The summed E-state index contributed by atoms with van der Waals surface area (Å²) >= 11 is 0. The van der Waals surface area contributed by atoms with Gasteiger partial charge in [-0.2, -0.15) is 0 Å². The van der Waals surface area contributed by atoms with E-state index in [9.17, 15) is 8.42 Å². The fourth-order valence-corrected chi connectivity index (χ4v) is 3.32. The number of sulfonamides is 1. The normalized spacial score (nSPS) is 15.9. The Balaban J connectivity index is 1.93. The van der Waals surface area contributed by atoms with Crippen LogP contribution in [0.1, 0.15) is 44.7 Å². The Morgan fingerprint density at radius 1 is 1.40 bits per heavy atom. The molecule has 20 heavy (non-hydrogen) atoms. The number of hydrogen-bond acceptors (Lipinski definition) is 3. The topological polar surface area (TPSA) is 65.2 Å². The van der Waals surface area contributed by atoms with Crippen LogP contribution in [0, 0.1) is 0 Å². The Morgan fingerprint density at radius 2 is 2.15 bits per heavy atom. The lowest BCUT2D eigenvalue weighted by molar-refractivity contribution is 0.454. The number of H-pyrrole nitrogens is 1. The van der Waals surface area contributed by atoms with Crippen LogP contribution in [0.5, 0.6) is 0 Å². The summed E-state index contributed by atoms with van der Waals surface area (Å²) in [5.41, 5.74) is 0.928. The highest BCUT2D eigenvalue weighted by molar-refractivity contribution is 7.89. The second-order valence-corrected chi connectivity index (χ2v) is 7.59. The average Bonchev–Trinajstić information content (AvgIpc) is 3.12. The number of nitrogens with zero attached hydrogens (tertiary/aromatic N) is 1. The first-order valence-corrected chi connectivity index (χ1v) is 8.85. The molecule has 2 rings (SSSR count). The Hall–Kier alpha value is -0.850. The van der Waals surface area contributed by atoms with Crippen molar-refractivity contribution < 1.29 is 8.42 Å². The highest BCUT2D eigenvalue weighted by Crippen LogP contribution is 2.20. The van der Waals surface area contributed by atoms with Crippen LogP contribution in [-0.4, -0.2) is 37.3 Å². The molecule has 0 spiro atoms. The van der Waals surface area contributed by atoms with Gasteiger partial charge in [-0.05, 0) is 25.3 Å². The predicted molar refractivity (Wildman–Crippen MR) is 80.0 cm³/mol. The quantitative estimate of drug-likeness (QED) is 0.686. The molecule has 1 saturated carbocycles. The van der Waals surface area contributed by atoms with Crippen molar-refractivity contribution in [2.75, 3.05) is 13.6 Å². The lowest BCUT2D eigenvalue weighted by atomic mass is 10.2. The number of nitrogens with one attached hydrogen (secondary N) is 2. The molecule has 1 aliphatic rings. The first-order chi connectivity index (χ1) is 9.54. The Bertz CT molecular complexity index is 520. The first-order valence-electron chi connectivity index (χ1n) is 7.41. The summed E-state index contributed by atoms with van der Waals surface area (Å²) in [6.45, 7) is 3.40. The van der Waals surface area contributed by atoms with Crippen LogP contribution < -0.4 is 5.32 Å². The lowest BCUT2D eigenvalue weighted by Crippen LogP contribution is -2.27. The minimum Gasteiger partial charge on any atom is -0.363 e. The van der Waals surface area contributed by atoms with Crippen LogP contribution in [0.4, 0.5) is 0 Å². The van der Waals surface area contributed by atoms with Crippen LogP contribution in [0.2, 0.25) is 0 Å². The van der Waals surface area contributed by atoms with Crippen molar-refractivity contribution >= 4 is 10.0 Å². The molecule has 1 aromatic heterocycles. The zero-order valence-electron chi connectivity index (χ0n) is 12.4. The van der Waals surface area contributed by atoms with E-state index >= 15 is 0 Å². The first kappa shape index (κ1) is 15.5. The van der Waals surface area contributed by atoms with Crippen molar-refractivity contribution in [1.82, 2.24) is 14.6 Å².